The highest BCUT2D eigenvalue weighted by atomic mass is 16.5. The van der Waals surface area contributed by atoms with Gasteiger partial charge in [0, 0.05) is 6.04 Å². The Hall–Kier alpha value is -0.600. The summed E-state index contributed by atoms with van der Waals surface area (Å²) in [5.41, 5.74) is 0.0168. The highest BCUT2D eigenvalue weighted by Gasteiger charge is 2.31. The summed E-state index contributed by atoms with van der Waals surface area (Å²) in [6.07, 6.45) is 16.7. The van der Waals surface area contributed by atoms with Crippen LogP contribution in [0.25, 0.3) is 0 Å². The van der Waals surface area contributed by atoms with Crippen LogP contribution in [-0.4, -0.2) is 30.3 Å². The second-order valence-electron chi connectivity index (χ2n) is 6.58. The Morgan fingerprint density at radius 1 is 1.16 bits per heavy atom. The second-order valence-corrected chi connectivity index (χ2v) is 6.58. The van der Waals surface area contributed by atoms with E-state index in [1.807, 2.05) is 0 Å². The van der Waals surface area contributed by atoms with Crippen LogP contribution in [0.3, 0.4) is 0 Å². The third kappa shape index (κ3) is 4.19. The molecule has 1 atom stereocenters. The number of likely N-dealkylation sites (N-methyl/N-ethyl adjacent to an activating group) is 1. The van der Waals surface area contributed by atoms with Gasteiger partial charge in [-0.1, -0.05) is 43.6 Å². The molecule has 0 aliphatic heterocycles. The molecular weight excluding hydrogens is 234 g/mol. The molecule has 19 heavy (non-hydrogen) atoms. The molecule has 0 amide bonds. The van der Waals surface area contributed by atoms with Gasteiger partial charge < -0.3 is 4.74 Å². The van der Waals surface area contributed by atoms with Gasteiger partial charge >= 0.3 is 0 Å². The zero-order valence-corrected chi connectivity index (χ0v) is 12.8. The summed E-state index contributed by atoms with van der Waals surface area (Å²) in [7, 11) is 2.16. The van der Waals surface area contributed by atoms with E-state index in [2.05, 4.69) is 50.1 Å². The van der Waals surface area contributed by atoms with Crippen LogP contribution < -0.4 is 0 Å². The lowest BCUT2D eigenvalue weighted by Crippen LogP contribution is -2.41. The van der Waals surface area contributed by atoms with Crippen LogP contribution in [0.1, 0.15) is 52.4 Å². The van der Waals surface area contributed by atoms with Crippen LogP contribution in [0.5, 0.6) is 0 Å². The molecule has 0 heterocycles. The van der Waals surface area contributed by atoms with E-state index in [1.54, 1.807) is 0 Å². The van der Waals surface area contributed by atoms with E-state index in [0.717, 1.165) is 19.1 Å². The number of hydrogen-bond acceptors (Lipinski definition) is 2. The molecular formula is C17H29NO. The smallest absolute Gasteiger partial charge is 0.1000 e. The third-order valence-corrected chi connectivity index (χ3v) is 4.75. The maximum atomic E-state index is 6.25. The quantitative estimate of drug-likeness (QED) is 0.691. The van der Waals surface area contributed by atoms with E-state index in [-0.39, 0.29) is 5.60 Å². The largest absolute Gasteiger partial charge is 0.360 e. The van der Waals surface area contributed by atoms with Crippen molar-refractivity contribution in [2.24, 2.45) is 5.92 Å². The highest BCUT2D eigenvalue weighted by Crippen LogP contribution is 2.34. The molecule has 1 saturated carbocycles. The second kappa shape index (κ2) is 6.71. The van der Waals surface area contributed by atoms with Gasteiger partial charge in [0.15, 0.2) is 0 Å². The Morgan fingerprint density at radius 2 is 1.89 bits per heavy atom. The van der Waals surface area contributed by atoms with E-state index in [0.29, 0.717) is 6.04 Å². The van der Waals surface area contributed by atoms with Gasteiger partial charge in [0.1, 0.15) is 0 Å². The third-order valence-electron chi connectivity index (χ3n) is 4.75. The number of ether oxygens (including phenoxy) is 1. The predicted molar refractivity (Wildman–Crippen MR) is 81.1 cm³/mol. The Kier molecular flexibility index (Phi) is 5.23. The van der Waals surface area contributed by atoms with Crippen LogP contribution in [0.4, 0.5) is 0 Å². The zero-order chi connectivity index (χ0) is 13.7. The molecule has 2 rings (SSSR count). The van der Waals surface area contributed by atoms with Gasteiger partial charge in [-0.05, 0) is 46.1 Å². The molecule has 1 unspecified atom stereocenters. The van der Waals surface area contributed by atoms with E-state index in [9.17, 15) is 0 Å². The molecule has 0 aromatic rings. The van der Waals surface area contributed by atoms with Gasteiger partial charge in [-0.15, -0.1) is 0 Å². The summed E-state index contributed by atoms with van der Waals surface area (Å²) in [5, 5.41) is 0. The summed E-state index contributed by atoms with van der Waals surface area (Å²) >= 11 is 0. The van der Waals surface area contributed by atoms with Crippen molar-refractivity contribution in [1.29, 1.82) is 0 Å². The summed E-state index contributed by atoms with van der Waals surface area (Å²) < 4.78 is 6.25. The lowest BCUT2D eigenvalue weighted by atomic mass is 9.79. The standard InChI is InChI=1S/C17H29NO/c1-17(2,15-10-6-4-7-11-15)19-14-18(3)16-12-8-5-9-13-16/h5,8-9,12,15-16H,4,6-7,10-11,13-14H2,1-3H3. The molecule has 0 bridgehead atoms. The normalized spacial score (nSPS) is 25.2. The van der Waals surface area contributed by atoms with E-state index in [4.69, 9.17) is 4.74 Å². The average molecular weight is 263 g/mol. The van der Waals surface area contributed by atoms with Gasteiger partial charge in [-0.25, -0.2) is 0 Å². The first-order valence-electron chi connectivity index (χ1n) is 7.77. The molecule has 0 saturated heterocycles. The Balaban J connectivity index is 1.79. The Labute approximate surface area is 118 Å². The van der Waals surface area contributed by atoms with Crippen molar-refractivity contribution in [3.63, 3.8) is 0 Å². The van der Waals surface area contributed by atoms with Crippen molar-refractivity contribution in [1.82, 2.24) is 4.90 Å². The highest BCUT2D eigenvalue weighted by molar-refractivity contribution is 5.13. The molecule has 0 aromatic carbocycles. The molecule has 0 aromatic heterocycles. The Bertz CT molecular complexity index is 326. The fourth-order valence-electron chi connectivity index (χ4n) is 3.17. The summed E-state index contributed by atoms with van der Waals surface area (Å²) in [6, 6.07) is 0.493. The molecule has 0 radical (unpaired) electrons. The number of nitrogens with zero attached hydrogens (tertiary/aromatic N) is 1. The SMILES string of the molecule is CN(COC(C)(C)C1CCCCC1)C1C=CC=CC1. The molecule has 2 nitrogen and oxygen atoms in total. The topological polar surface area (TPSA) is 12.5 Å². The van der Waals surface area contributed by atoms with Gasteiger partial charge in [0.05, 0.1) is 12.3 Å². The minimum absolute atomic E-state index is 0.0168. The molecule has 0 spiro atoms. The Morgan fingerprint density at radius 3 is 2.53 bits per heavy atom. The molecule has 1 fully saturated rings. The van der Waals surface area contributed by atoms with E-state index >= 15 is 0 Å². The molecule has 2 aliphatic rings. The zero-order valence-electron chi connectivity index (χ0n) is 12.8. The van der Waals surface area contributed by atoms with Crippen LogP contribution in [0.15, 0.2) is 24.3 Å². The molecule has 2 aliphatic carbocycles. The number of hydrogen-bond donors (Lipinski definition) is 0. The van der Waals surface area contributed by atoms with Crippen LogP contribution in [0, 0.1) is 5.92 Å². The first kappa shape index (κ1) is 14.8. The first-order chi connectivity index (χ1) is 9.09. The monoisotopic (exact) mass is 263 g/mol. The van der Waals surface area contributed by atoms with Gasteiger partial charge in [0.25, 0.3) is 0 Å². The van der Waals surface area contributed by atoms with Crippen molar-refractivity contribution in [2.75, 3.05) is 13.8 Å². The van der Waals surface area contributed by atoms with Crippen molar-refractivity contribution < 1.29 is 4.74 Å². The summed E-state index contributed by atoms with van der Waals surface area (Å²) in [6.45, 7) is 5.27. The van der Waals surface area contributed by atoms with Gasteiger partial charge in [-0.2, -0.15) is 0 Å². The maximum Gasteiger partial charge on any atom is 0.1000 e. The molecule has 2 heteroatoms. The minimum Gasteiger partial charge on any atom is -0.360 e. The minimum atomic E-state index is 0.0168. The summed E-state index contributed by atoms with van der Waals surface area (Å²) in [4.78, 5) is 2.31. The van der Waals surface area contributed by atoms with Crippen LogP contribution in [0.2, 0.25) is 0 Å². The van der Waals surface area contributed by atoms with E-state index < -0.39 is 0 Å². The van der Waals surface area contributed by atoms with Gasteiger partial charge in [0.2, 0.25) is 0 Å². The van der Waals surface area contributed by atoms with Gasteiger partial charge in [-0.3, -0.25) is 4.90 Å². The fourth-order valence-corrected chi connectivity index (χ4v) is 3.17. The summed E-state index contributed by atoms with van der Waals surface area (Å²) in [5.74, 6) is 0.733. The van der Waals surface area contributed by atoms with E-state index in [1.165, 1.54) is 32.1 Å². The molecule has 0 N–H and O–H groups in total. The fraction of sp³-hybridized carbons (Fsp3) is 0.765. The number of allylic oxidation sites excluding steroid dienone is 2. The molecule has 108 valence electrons. The van der Waals surface area contributed by atoms with Crippen LogP contribution in [-0.2, 0) is 4.74 Å². The number of rotatable bonds is 5. The predicted octanol–water partition coefficient (Wildman–Crippen LogP) is 4.14. The lowest BCUT2D eigenvalue weighted by molar-refractivity contribution is -0.111. The lowest BCUT2D eigenvalue weighted by Gasteiger charge is -2.39. The average Bonchev–Trinajstić information content (AvgIpc) is 2.47. The van der Waals surface area contributed by atoms with Crippen LogP contribution >= 0.6 is 0 Å². The first-order valence-corrected chi connectivity index (χ1v) is 7.77. The van der Waals surface area contributed by atoms with Crippen molar-refractivity contribution >= 4 is 0 Å². The van der Waals surface area contributed by atoms with Crippen molar-refractivity contribution in [3.8, 4) is 0 Å². The maximum absolute atomic E-state index is 6.25. The van der Waals surface area contributed by atoms with Crippen molar-refractivity contribution in [2.45, 2.75) is 64.0 Å². The van der Waals surface area contributed by atoms with Crippen molar-refractivity contribution in [3.05, 3.63) is 24.3 Å².